The minimum absolute atomic E-state index is 0.0131. The van der Waals surface area contributed by atoms with Gasteiger partial charge in [-0.2, -0.15) is 0 Å². The average Bonchev–Trinajstić information content (AvgIpc) is 2.70. The van der Waals surface area contributed by atoms with Crippen LogP contribution < -0.4 is 38.9 Å². The lowest BCUT2D eigenvalue weighted by Gasteiger charge is -2.28. The van der Waals surface area contributed by atoms with Crippen molar-refractivity contribution in [3.05, 3.63) is 0 Å². The second-order valence-electron chi connectivity index (χ2n) is 8.08. The number of aliphatic imine (C=N–C) groups is 1. The van der Waals surface area contributed by atoms with Gasteiger partial charge in [-0.15, -0.1) is 0 Å². The number of primary amides is 1. The monoisotopic (exact) mass is 488 g/mol. The number of guanidine groups is 1. The Kier molecular flexibility index (Phi) is 13.2. The third-order valence-corrected chi connectivity index (χ3v) is 4.63. The highest BCUT2D eigenvalue weighted by molar-refractivity contribution is 5.95. The van der Waals surface area contributed by atoms with E-state index >= 15 is 0 Å². The van der Waals surface area contributed by atoms with Gasteiger partial charge in [-0.3, -0.25) is 24.2 Å². The normalized spacial score (nSPS) is 15.2. The molecule has 0 aliphatic heterocycles. The molecule has 0 saturated heterocycles. The Labute approximate surface area is 197 Å². The van der Waals surface area contributed by atoms with Crippen LogP contribution in [0.25, 0.3) is 0 Å². The van der Waals surface area contributed by atoms with E-state index in [1.54, 1.807) is 13.8 Å². The molecule has 13 N–H and O–H groups in total. The Morgan fingerprint density at radius 3 is 1.85 bits per heavy atom. The number of rotatable bonds is 15. The van der Waals surface area contributed by atoms with E-state index < -0.39 is 72.2 Å². The summed E-state index contributed by atoms with van der Waals surface area (Å²) >= 11 is 0. The molecule has 34 heavy (non-hydrogen) atoms. The van der Waals surface area contributed by atoms with Crippen molar-refractivity contribution >= 4 is 35.6 Å². The van der Waals surface area contributed by atoms with E-state index in [4.69, 9.17) is 22.9 Å². The molecule has 194 valence electrons. The molecule has 0 fully saturated rings. The highest BCUT2D eigenvalue weighted by Gasteiger charge is 2.33. The zero-order chi connectivity index (χ0) is 26.6. The summed E-state index contributed by atoms with van der Waals surface area (Å²) in [4.78, 5) is 63.8. The van der Waals surface area contributed by atoms with Gasteiger partial charge >= 0.3 is 5.97 Å². The lowest BCUT2D eigenvalue weighted by Crippen LogP contribution is -2.60. The lowest BCUT2D eigenvalue weighted by atomic mass is 10.0. The zero-order valence-electron chi connectivity index (χ0n) is 19.5. The Morgan fingerprint density at radius 2 is 1.41 bits per heavy atom. The van der Waals surface area contributed by atoms with Crippen LogP contribution in [0, 0.1) is 5.92 Å². The summed E-state index contributed by atoms with van der Waals surface area (Å²) in [5.41, 5.74) is 21.0. The van der Waals surface area contributed by atoms with E-state index in [0.717, 1.165) is 0 Å². The second-order valence-corrected chi connectivity index (χ2v) is 8.08. The van der Waals surface area contributed by atoms with E-state index in [1.807, 2.05) is 0 Å². The molecule has 0 aromatic rings. The second kappa shape index (κ2) is 14.6. The van der Waals surface area contributed by atoms with Crippen LogP contribution in [-0.4, -0.2) is 82.6 Å². The van der Waals surface area contributed by atoms with E-state index in [2.05, 4.69) is 20.9 Å². The number of aliphatic carboxylic acids is 1. The molecular formula is C19H36N8O7. The van der Waals surface area contributed by atoms with Gasteiger partial charge in [0.15, 0.2) is 5.96 Å². The molecule has 0 aromatic heterocycles. The predicted molar refractivity (Wildman–Crippen MR) is 122 cm³/mol. The van der Waals surface area contributed by atoms with Gasteiger partial charge in [0.25, 0.3) is 0 Å². The van der Waals surface area contributed by atoms with Gasteiger partial charge in [0, 0.05) is 6.54 Å². The smallest absolute Gasteiger partial charge is 0.326 e. The van der Waals surface area contributed by atoms with Crippen molar-refractivity contribution in [3.63, 3.8) is 0 Å². The molecule has 5 atom stereocenters. The first kappa shape index (κ1) is 30.5. The fourth-order valence-electron chi connectivity index (χ4n) is 2.78. The quantitative estimate of drug-likeness (QED) is 0.0608. The number of hydrogen-bond acceptors (Lipinski definition) is 8. The van der Waals surface area contributed by atoms with Gasteiger partial charge in [0.1, 0.15) is 18.1 Å². The number of nitrogens with two attached hydrogens (primary N) is 4. The van der Waals surface area contributed by atoms with Crippen LogP contribution in [0.3, 0.4) is 0 Å². The molecule has 0 aromatic carbocycles. The fraction of sp³-hybridized carbons (Fsp3) is 0.684. The molecule has 4 amide bonds. The Bertz CT molecular complexity index is 768. The van der Waals surface area contributed by atoms with Crippen LogP contribution in [0.1, 0.15) is 40.0 Å². The predicted octanol–water partition coefficient (Wildman–Crippen LogP) is -4.18. The maximum atomic E-state index is 12.8. The SMILES string of the molecule is CC(C)C(NC(=O)C(N)CC(N)=O)C(=O)NC(C(=O)NC(CCCN=C(N)N)C(=O)O)C(C)O. The number of nitrogens with one attached hydrogen (secondary N) is 3. The Morgan fingerprint density at radius 1 is 0.882 bits per heavy atom. The molecule has 5 unspecified atom stereocenters. The summed E-state index contributed by atoms with van der Waals surface area (Å²) in [6.07, 6.45) is -1.61. The van der Waals surface area contributed by atoms with Crippen LogP contribution in [-0.2, 0) is 24.0 Å². The Hall–Kier alpha value is -3.46. The number of nitrogens with zero attached hydrogens (tertiary/aromatic N) is 1. The summed E-state index contributed by atoms with van der Waals surface area (Å²) in [6, 6.07) is -5.30. The van der Waals surface area contributed by atoms with Crippen LogP contribution in [0.4, 0.5) is 0 Å². The number of carboxylic acids is 1. The van der Waals surface area contributed by atoms with E-state index in [9.17, 15) is 34.2 Å². The van der Waals surface area contributed by atoms with Gasteiger partial charge in [0.2, 0.25) is 23.6 Å². The largest absolute Gasteiger partial charge is 0.480 e. The molecule has 0 aliphatic carbocycles. The number of carbonyl (C=O) groups excluding carboxylic acids is 4. The third kappa shape index (κ3) is 11.4. The molecular weight excluding hydrogens is 452 g/mol. The number of hydrogen-bond donors (Lipinski definition) is 9. The highest BCUT2D eigenvalue weighted by atomic mass is 16.4. The maximum Gasteiger partial charge on any atom is 0.326 e. The molecule has 0 heterocycles. The van der Waals surface area contributed by atoms with E-state index in [0.29, 0.717) is 0 Å². The topological polar surface area (TPSA) is 278 Å². The van der Waals surface area contributed by atoms with Gasteiger partial charge in [-0.05, 0) is 25.7 Å². The molecule has 0 saturated carbocycles. The molecule has 15 nitrogen and oxygen atoms in total. The van der Waals surface area contributed by atoms with Crippen molar-refractivity contribution in [1.82, 2.24) is 16.0 Å². The van der Waals surface area contributed by atoms with Crippen molar-refractivity contribution in [2.24, 2.45) is 33.8 Å². The number of amides is 4. The number of aliphatic hydroxyl groups excluding tert-OH is 1. The third-order valence-electron chi connectivity index (χ3n) is 4.63. The van der Waals surface area contributed by atoms with Crippen molar-refractivity contribution in [2.45, 2.75) is 70.3 Å². The molecule has 0 bridgehead atoms. The summed E-state index contributed by atoms with van der Waals surface area (Å²) in [5, 5.41) is 26.3. The van der Waals surface area contributed by atoms with Gasteiger partial charge < -0.3 is 49.1 Å². The van der Waals surface area contributed by atoms with Crippen molar-refractivity contribution < 1.29 is 34.2 Å². The van der Waals surface area contributed by atoms with Crippen molar-refractivity contribution in [1.29, 1.82) is 0 Å². The molecule has 15 heteroatoms. The fourth-order valence-corrected chi connectivity index (χ4v) is 2.78. The maximum absolute atomic E-state index is 12.8. The van der Waals surface area contributed by atoms with Gasteiger partial charge in [-0.25, -0.2) is 4.79 Å². The Balaban J connectivity index is 5.31. The van der Waals surface area contributed by atoms with Crippen LogP contribution >= 0.6 is 0 Å². The number of carbonyl (C=O) groups is 5. The van der Waals surface area contributed by atoms with Gasteiger partial charge in [-0.1, -0.05) is 13.8 Å². The van der Waals surface area contributed by atoms with Crippen molar-refractivity contribution in [3.8, 4) is 0 Å². The minimum atomic E-state index is -1.52. The molecule has 0 rings (SSSR count). The van der Waals surface area contributed by atoms with Crippen LogP contribution in [0.15, 0.2) is 4.99 Å². The van der Waals surface area contributed by atoms with E-state index in [1.165, 1.54) is 6.92 Å². The average molecular weight is 489 g/mol. The summed E-state index contributed by atoms with van der Waals surface area (Å²) in [6.45, 7) is 4.59. The first-order valence-electron chi connectivity index (χ1n) is 10.6. The molecule has 0 radical (unpaired) electrons. The summed E-state index contributed by atoms with van der Waals surface area (Å²) in [7, 11) is 0. The highest BCUT2D eigenvalue weighted by Crippen LogP contribution is 2.06. The van der Waals surface area contributed by atoms with E-state index in [-0.39, 0.29) is 25.3 Å². The first-order chi connectivity index (χ1) is 15.7. The van der Waals surface area contributed by atoms with Crippen molar-refractivity contribution in [2.75, 3.05) is 6.54 Å². The summed E-state index contributed by atoms with van der Waals surface area (Å²) < 4.78 is 0. The zero-order valence-corrected chi connectivity index (χ0v) is 19.5. The first-order valence-corrected chi connectivity index (χ1v) is 10.6. The minimum Gasteiger partial charge on any atom is -0.480 e. The number of carboxylic acid groups (broad SMARTS) is 1. The van der Waals surface area contributed by atoms with Crippen LogP contribution in [0.2, 0.25) is 0 Å². The molecule has 0 spiro atoms. The lowest BCUT2D eigenvalue weighted by molar-refractivity contribution is -0.143. The van der Waals surface area contributed by atoms with Crippen LogP contribution in [0.5, 0.6) is 0 Å². The standard InChI is InChI=1S/C19H36N8O7/c1-8(2)13(26-15(30)10(20)7-12(21)29)16(31)27-14(9(3)28)17(32)25-11(18(33)34)5-4-6-24-19(22)23/h8-11,13-14,28H,4-7,20H2,1-3H3,(H2,21,29)(H,25,32)(H,26,30)(H,27,31)(H,33,34)(H4,22,23,24). The van der Waals surface area contributed by atoms with Gasteiger partial charge in [0.05, 0.1) is 18.6 Å². The number of aliphatic hydroxyl groups is 1. The molecule has 0 aliphatic rings. The summed E-state index contributed by atoms with van der Waals surface area (Å²) in [5.74, 6) is -5.33.